The van der Waals surface area contributed by atoms with E-state index in [1.807, 2.05) is 30.3 Å². The molecule has 23 heavy (non-hydrogen) atoms. The lowest BCUT2D eigenvalue weighted by Crippen LogP contribution is -2.32. The average Bonchev–Trinajstić information content (AvgIpc) is 2.83. The molecule has 2 aliphatic heterocycles. The molecule has 0 aromatic heterocycles. The summed E-state index contributed by atoms with van der Waals surface area (Å²) < 4.78 is 0. The van der Waals surface area contributed by atoms with Crippen molar-refractivity contribution in [1.82, 2.24) is 15.6 Å². The van der Waals surface area contributed by atoms with Gasteiger partial charge in [-0.3, -0.25) is 5.43 Å². The molecular formula is C17H19N5S. The Morgan fingerprint density at radius 3 is 2.91 bits per heavy atom. The zero-order valence-corrected chi connectivity index (χ0v) is 13.7. The highest BCUT2D eigenvalue weighted by atomic mass is 32.1. The molecule has 2 aliphatic rings. The first-order valence-electron chi connectivity index (χ1n) is 7.86. The highest BCUT2D eigenvalue weighted by Crippen LogP contribution is 2.22. The number of amidine groups is 1. The van der Waals surface area contributed by atoms with Gasteiger partial charge in [-0.25, -0.2) is 0 Å². The fourth-order valence-corrected chi connectivity index (χ4v) is 3.01. The SMILES string of the molecule is N#C/C(C(=S)NCc1ccccc1)=C1\NN=C2CCCCCN21. The summed E-state index contributed by atoms with van der Waals surface area (Å²) in [6.45, 7) is 1.49. The monoisotopic (exact) mass is 325 g/mol. The third kappa shape index (κ3) is 3.51. The van der Waals surface area contributed by atoms with Crippen LogP contribution in [-0.4, -0.2) is 22.3 Å². The largest absolute Gasteiger partial charge is 0.371 e. The highest BCUT2D eigenvalue weighted by Gasteiger charge is 2.27. The second kappa shape index (κ2) is 7.25. The van der Waals surface area contributed by atoms with E-state index in [1.54, 1.807) is 0 Å². The van der Waals surface area contributed by atoms with Crippen molar-refractivity contribution in [3.63, 3.8) is 0 Å². The van der Waals surface area contributed by atoms with Crippen molar-refractivity contribution in [2.45, 2.75) is 32.2 Å². The normalized spacial score (nSPS) is 18.9. The minimum Gasteiger partial charge on any atom is -0.371 e. The van der Waals surface area contributed by atoms with Crippen molar-refractivity contribution in [1.29, 1.82) is 5.26 Å². The van der Waals surface area contributed by atoms with Gasteiger partial charge in [-0.15, -0.1) is 0 Å². The van der Waals surface area contributed by atoms with Gasteiger partial charge in [0.15, 0.2) is 0 Å². The smallest absolute Gasteiger partial charge is 0.149 e. The van der Waals surface area contributed by atoms with Gasteiger partial charge in [0, 0.05) is 19.5 Å². The van der Waals surface area contributed by atoms with E-state index in [0.29, 0.717) is 17.1 Å². The molecule has 0 unspecified atom stereocenters. The maximum Gasteiger partial charge on any atom is 0.149 e. The lowest BCUT2D eigenvalue weighted by molar-refractivity contribution is 0.495. The summed E-state index contributed by atoms with van der Waals surface area (Å²) in [5, 5.41) is 17.1. The number of hydrazone groups is 1. The molecule has 0 bridgehead atoms. The Kier molecular flexibility index (Phi) is 4.89. The number of nitrogens with one attached hydrogen (secondary N) is 2. The lowest BCUT2D eigenvalue weighted by atomic mass is 10.2. The molecule has 3 rings (SSSR count). The summed E-state index contributed by atoms with van der Waals surface area (Å²) in [7, 11) is 0. The number of hydrogen-bond donors (Lipinski definition) is 2. The minimum atomic E-state index is 0.455. The van der Waals surface area contributed by atoms with Crippen LogP contribution < -0.4 is 10.7 Å². The van der Waals surface area contributed by atoms with E-state index < -0.39 is 0 Å². The Labute approximate surface area is 141 Å². The molecule has 5 nitrogen and oxygen atoms in total. The molecule has 0 radical (unpaired) electrons. The van der Waals surface area contributed by atoms with E-state index in [0.717, 1.165) is 43.0 Å². The molecule has 2 heterocycles. The Bertz CT molecular complexity index is 687. The summed E-state index contributed by atoms with van der Waals surface area (Å²) in [4.78, 5) is 2.56. The van der Waals surface area contributed by atoms with Gasteiger partial charge in [-0.05, 0) is 18.4 Å². The van der Waals surface area contributed by atoms with Crippen LogP contribution in [0.15, 0.2) is 46.8 Å². The molecule has 0 amide bonds. The average molecular weight is 325 g/mol. The Balaban J connectivity index is 1.74. The number of fused-ring (bicyclic) bond motifs is 1. The quantitative estimate of drug-likeness (QED) is 0.508. The number of benzene rings is 1. The van der Waals surface area contributed by atoms with E-state index in [-0.39, 0.29) is 0 Å². The summed E-state index contributed by atoms with van der Waals surface area (Å²) >= 11 is 5.43. The van der Waals surface area contributed by atoms with E-state index in [2.05, 4.69) is 26.8 Å². The van der Waals surface area contributed by atoms with Crippen molar-refractivity contribution in [3.05, 3.63) is 47.3 Å². The zero-order chi connectivity index (χ0) is 16.1. The van der Waals surface area contributed by atoms with E-state index >= 15 is 0 Å². The van der Waals surface area contributed by atoms with Gasteiger partial charge in [-0.1, -0.05) is 49.0 Å². The van der Waals surface area contributed by atoms with Crippen LogP contribution in [0, 0.1) is 11.3 Å². The van der Waals surface area contributed by atoms with Crippen molar-refractivity contribution in [2.75, 3.05) is 6.54 Å². The topological polar surface area (TPSA) is 63.5 Å². The molecule has 0 spiro atoms. The zero-order valence-electron chi connectivity index (χ0n) is 12.9. The minimum absolute atomic E-state index is 0.455. The van der Waals surface area contributed by atoms with Crippen LogP contribution in [0.4, 0.5) is 0 Å². The van der Waals surface area contributed by atoms with Crippen LogP contribution >= 0.6 is 12.2 Å². The fourth-order valence-electron chi connectivity index (χ4n) is 2.80. The van der Waals surface area contributed by atoms with Gasteiger partial charge in [0.25, 0.3) is 0 Å². The predicted octanol–water partition coefficient (Wildman–Crippen LogP) is 2.63. The Morgan fingerprint density at radius 1 is 1.30 bits per heavy atom. The van der Waals surface area contributed by atoms with Gasteiger partial charge in [-0.2, -0.15) is 10.4 Å². The molecule has 6 heteroatoms. The molecule has 2 N–H and O–H groups in total. The highest BCUT2D eigenvalue weighted by molar-refractivity contribution is 7.80. The van der Waals surface area contributed by atoms with Crippen LogP contribution in [0.2, 0.25) is 0 Å². The number of thiocarbonyl (C=S) groups is 1. The summed E-state index contributed by atoms with van der Waals surface area (Å²) in [6, 6.07) is 12.2. The van der Waals surface area contributed by atoms with E-state index in [1.165, 1.54) is 6.42 Å². The van der Waals surface area contributed by atoms with Crippen LogP contribution in [0.25, 0.3) is 0 Å². The van der Waals surface area contributed by atoms with Crippen molar-refractivity contribution in [3.8, 4) is 6.07 Å². The number of hydrogen-bond acceptors (Lipinski definition) is 5. The van der Waals surface area contributed by atoms with Gasteiger partial charge >= 0.3 is 0 Å². The molecule has 0 aliphatic carbocycles. The molecule has 1 fully saturated rings. The standard InChI is InChI=1S/C17H19N5S/c18-11-14(17(23)19-12-13-7-3-1-4-8-13)16-21-20-15-9-5-2-6-10-22(15)16/h1,3-4,7-8,21H,2,5-6,9-10,12H2,(H,19,23)/b16-14-. The fraction of sp³-hybridized carbons (Fsp3) is 0.353. The van der Waals surface area contributed by atoms with E-state index in [4.69, 9.17) is 12.2 Å². The van der Waals surface area contributed by atoms with Crippen LogP contribution in [-0.2, 0) is 6.54 Å². The first kappa shape index (κ1) is 15.5. The molecule has 118 valence electrons. The number of nitriles is 1. The molecular weight excluding hydrogens is 306 g/mol. The summed E-state index contributed by atoms with van der Waals surface area (Å²) in [5.41, 5.74) is 4.58. The summed E-state index contributed by atoms with van der Waals surface area (Å²) in [5.74, 6) is 1.73. The van der Waals surface area contributed by atoms with Crippen LogP contribution in [0.3, 0.4) is 0 Å². The number of nitrogens with zero attached hydrogens (tertiary/aromatic N) is 3. The van der Waals surface area contributed by atoms with Crippen molar-refractivity contribution < 1.29 is 0 Å². The second-order valence-corrected chi connectivity index (χ2v) is 6.01. The van der Waals surface area contributed by atoms with Crippen LogP contribution in [0.5, 0.6) is 0 Å². The van der Waals surface area contributed by atoms with Crippen molar-refractivity contribution >= 4 is 23.0 Å². The summed E-state index contributed by atoms with van der Waals surface area (Å²) in [6.07, 6.45) is 4.39. The maximum absolute atomic E-state index is 9.56. The third-order valence-corrected chi connectivity index (χ3v) is 4.37. The number of rotatable bonds is 3. The predicted molar refractivity (Wildman–Crippen MR) is 94.3 cm³/mol. The first-order chi connectivity index (χ1) is 11.3. The van der Waals surface area contributed by atoms with Gasteiger partial charge in [0.2, 0.25) is 0 Å². The molecule has 1 aromatic rings. The van der Waals surface area contributed by atoms with Gasteiger partial charge < -0.3 is 10.2 Å². The third-order valence-electron chi connectivity index (χ3n) is 4.03. The van der Waals surface area contributed by atoms with E-state index in [9.17, 15) is 5.26 Å². The molecule has 1 aromatic carbocycles. The molecule has 0 atom stereocenters. The Morgan fingerprint density at radius 2 is 2.13 bits per heavy atom. The van der Waals surface area contributed by atoms with Gasteiger partial charge in [0.1, 0.15) is 28.3 Å². The van der Waals surface area contributed by atoms with Crippen molar-refractivity contribution in [2.24, 2.45) is 5.10 Å². The molecule has 0 saturated carbocycles. The maximum atomic E-state index is 9.56. The second-order valence-electron chi connectivity index (χ2n) is 5.61. The van der Waals surface area contributed by atoms with Crippen LogP contribution in [0.1, 0.15) is 31.2 Å². The first-order valence-corrected chi connectivity index (χ1v) is 8.27. The molecule has 1 saturated heterocycles. The van der Waals surface area contributed by atoms with Gasteiger partial charge in [0.05, 0.1) is 0 Å². The Hall–Kier alpha value is -2.39. The lowest BCUT2D eigenvalue weighted by Gasteiger charge is -2.20.